The van der Waals surface area contributed by atoms with Crippen LogP contribution in [0.25, 0.3) is 5.03 Å². The van der Waals surface area contributed by atoms with Gasteiger partial charge >= 0.3 is 5.97 Å². The first kappa shape index (κ1) is 14.4. The first-order valence-electron chi connectivity index (χ1n) is 6.18. The van der Waals surface area contributed by atoms with Crippen molar-refractivity contribution in [2.45, 2.75) is 20.3 Å². The summed E-state index contributed by atoms with van der Waals surface area (Å²) >= 11 is 12.1. The van der Waals surface area contributed by atoms with Crippen LogP contribution in [-0.2, 0) is 4.79 Å². The first-order chi connectivity index (χ1) is 8.82. The van der Waals surface area contributed by atoms with E-state index in [9.17, 15) is 4.79 Å². The molecule has 0 spiro atoms. The Morgan fingerprint density at radius 1 is 1.37 bits per heavy atom. The van der Waals surface area contributed by atoms with Gasteiger partial charge in [0.15, 0.2) is 0 Å². The quantitative estimate of drug-likeness (QED) is 0.881. The normalized spacial score (nSPS) is 25.8. The summed E-state index contributed by atoms with van der Waals surface area (Å²) < 4.78 is 0. The van der Waals surface area contributed by atoms with Gasteiger partial charge in [-0.2, -0.15) is 0 Å². The molecule has 4 heteroatoms. The third-order valence-electron chi connectivity index (χ3n) is 4.11. The fourth-order valence-corrected chi connectivity index (χ4v) is 2.95. The van der Waals surface area contributed by atoms with Crippen molar-refractivity contribution in [1.29, 1.82) is 0 Å². The predicted molar refractivity (Wildman–Crippen MR) is 78.3 cm³/mol. The maximum absolute atomic E-state index is 11.1. The van der Waals surface area contributed by atoms with E-state index in [0.717, 1.165) is 5.56 Å². The average molecular weight is 299 g/mol. The lowest BCUT2D eigenvalue weighted by Crippen LogP contribution is -2.47. The second-order valence-corrected chi connectivity index (χ2v) is 6.42. The molecule has 2 nitrogen and oxygen atoms in total. The minimum atomic E-state index is -0.725. The van der Waals surface area contributed by atoms with Crippen molar-refractivity contribution in [3.8, 4) is 0 Å². The average Bonchev–Trinajstić information content (AvgIpc) is 2.34. The molecule has 2 atom stereocenters. The number of carboxylic acids is 1. The number of rotatable bonds is 3. The highest BCUT2D eigenvalue weighted by Crippen LogP contribution is 2.53. The lowest BCUT2D eigenvalue weighted by atomic mass is 9.54. The maximum atomic E-state index is 11.1. The second-order valence-electron chi connectivity index (χ2n) is 5.58. The van der Waals surface area contributed by atoms with E-state index in [1.807, 2.05) is 32.1 Å². The molecule has 1 N–H and O–H groups in total. The standard InChI is InChI=1S/C15H16Cl2O2/c1-15(2)10(7-12(15)14(18)19)8-13(17)9-3-5-11(16)6-4-9/h3-6,8,10,12H,7H2,1-2H3,(H,18,19)/b13-8-/t10-,12+/m0/s1. The van der Waals surface area contributed by atoms with E-state index in [-0.39, 0.29) is 17.3 Å². The molecule has 0 radical (unpaired) electrons. The fourth-order valence-electron chi connectivity index (χ4n) is 2.54. The lowest BCUT2D eigenvalue weighted by molar-refractivity contribution is -0.156. The summed E-state index contributed by atoms with van der Waals surface area (Å²) in [5, 5.41) is 10.4. The third-order valence-corrected chi connectivity index (χ3v) is 4.71. The third kappa shape index (κ3) is 2.80. The Labute approximate surface area is 123 Å². The molecule has 102 valence electrons. The number of hydrogen-bond acceptors (Lipinski definition) is 1. The van der Waals surface area contributed by atoms with E-state index in [0.29, 0.717) is 16.5 Å². The summed E-state index contributed by atoms with van der Waals surface area (Å²) in [4.78, 5) is 11.1. The molecular weight excluding hydrogens is 283 g/mol. The Kier molecular flexibility index (Phi) is 3.93. The van der Waals surface area contributed by atoms with Gasteiger partial charge in [-0.05, 0) is 35.4 Å². The van der Waals surface area contributed by atoms with Crippen LogP contribution in [0.3, 0.4) is 0 Å². The number of aliphatic carboxylic acids is 1. The van der Waals surface area contributed by atoms with Crippen LogP contribution in [0, 0.1) is 17.3 Å². The van der Waals surface area contributed by atoms with Crippen molar-refractivity contribution in [1.82, 2.24) is 0 Å². The van der Waals surface area contributed by atoms with Crippen LogP contribution in [-0.4, -0.2) is 11.1 Å². The van der Waals surface area contributed by atoms with E-state index >= 15 is 0 Å². The zero-order chi connectivity index (χ0) is 14.2. The molecule has 0 aliphatic heterocycles. The molecule has 1 aliphatic carbocycles. The molecule has 19 heavy (non-hydrogen) atoms. The number of benzene rings is 1. The molecule has 1 aliphatic rings. The van der Waals surface area contributed by atoms with Crippen LogP contribution >= 0.6 is 23.2 Å². The summed E-state index contributed by atoms with van der Waals surface area (Å²) in [5.74, 6) is -0.822. The maximum Gasteiger partial charge on any atom is 0.307 e. The van der Waals surface area contributed by atoms with Gasteiger partial charge in [0.25, 0.3) is 0 Å². The molecule has 0 aromatic heterocycles. The summed E-state index contributed by atoms with van der Waals surface area (Å²) in [6.45, 7) is 3.95. The monoisotopic (exact) mass is 298 g/mol. The number of carboxylic acid groups (broad SMARTS) is 1. The molecule has 1 fully saturated rings. The number of halogens is 2. The van der Waals surface area contributed by atoms with Crippen LogP contribution in [0.15, 0.2) is 30.3 Å². The molecule has 1 saturated carbocycles. The topological polar surface area (TPSA) is 37.3 Å². The zero-order valence-corrected chi connectivity index (χ0v) is 12.4. The fraction of sp³-hybridized carbons (Fsp3) is 0.400. The van der Waals surface area contributed by atoms with Gasteiger partial charge in [0, 0.05) is 10.1 Å². The largest absolute Gasteiger partial charge is 0.481 e. The van der Waals surface area contributed by atoms with Gasteiger partial charge in [-0.3, -0.25) is 4.79 Å². The molecule has 0 amide bonds. The van der Waals surface area contributed by atoms with Crippen molar-refractivity contribution in [3.05, 3.63) is 40.9 Å². The van der Waals surface area contributed by atoms with Crippen LogP contribution < -0.4 is 0 Å². The Morgan fingerprint density at radius 2 is 1.95 bits per heavy atom. The van der Waals surface area contributed by atoms with Gasteiger partial charge in [-0.15, -0.1) is 0 Å². The minimum Gasteiger partial charge on any atom is -0.481 e. The predicted octanol–water partition coefficient (Wildman–Crippen LogP) is 4.67. The summed E-state index contributed by atoms with van der Waals surface area (Å²) in [7, 11) is 0. The van der Waals surface area contributed by atoms with Crippen LogP contribution in [0.2, 0.25) is 5.02 Å². The van der Waals surface area contributed by atoms with E-state index < -0.39 is 5.97 Å². The van der Waals surface area contributed by atoms with Crippen molar-refractivity contribution in [3.63, 3.8) is 0 Å². The molecule has 1 aromatic rings. The summed E-state index contributed by atoms with van der Waals surface area (Å²) in [6.07, 6.45) is 2.61. The molecule has 0 heterocycles. The van der Waals surface area contributed by atoms with Gasteiger partial charge in [0.05, 0.1) is 5.92 Å². The Bertz CT molecular complexity index is 517. The lowest BCUT2D eigenvalue weighted by Gasteiger charge is -2.48. The van der Waals surface area contributed by atoms with Crippen molar-refractivity contribution >= 4 is 34.2 Å². The second kappa shape index (κ2) is 5.18. The van der Waals surface area contributed by atoms with E-state index in [4.69, 9.17) is 28.3 Å². The SMILES string of the molecule is CC1(C)[C@H](/C=C(\Cl)c2ccc(Cl)cc2)C[C@@H]1C(=O)O. The Morgan fingerprint density at radius 3 is 2.42 bits per heavy atom. The molecule has 0 saturated heterocycles. The van der Waals surface area contributed by atoms with Gasteiger partial charge in [-0.25, -0.2) is 0 Å². The van der Waals surface area contributed by atoms with Gasteiger partial charge in [0.1, 0.15) is 0 Å². The highest BCUT2D eigenvalue weighted by Gasteiger charge is 2.50. The summed E-state index contributed by atoms with van der Waals surface area (Å²) in [5.41, 5.74) is 0.652. The number of carbonyl (C=O) groups is 1. The van der Waals surface area contributed by atoms with Crippen molar-refractivity contribution < 1.29 is 9.90 Å². The molecule has 2 rings (SSSR count). The highest BCUT2D eigenvalue weighted by molar-refractivity contribution is 6.48. The van der Waals surface area contributed by atoms with Gasteiger partial charge < -0.3 is 5.11 Å². The highest BCUT2D eigenvalue weighted by atomic mass is 35.5. The van der Waals surface area contributed by atoms with Gasteiger partial charge in [-0.1, -0.05) is 55.3 Å². The van der Waals surface area contributed by atoms with E-state index in [2.05, 4.69) is 0 Å². The number of allylic oxidation sites excluding steroid dienone is 1. The summed E-state index contributed by atoms with van der Waals surface area (Å²) in [6, 6.07) is 7.31. The zero-order valence-electron chi connectivity index (χ0n) is 10.9. The molecule has 0 unspecified atom stereocenters. The van der Waals surface area contributed by atoms with Crippen LogP contribution in [0.4, 0.5) is 0 Å². The van der Waals surface area contributed by atoms with E-state index in [1.165, 1.54) is 0 Å². The van der Waals surface area contributed by atoms with Crippen molar-refractivity contribution in [2.75, 3.05) is 0 Å². The Hall–Kier alpha value is -0.990. The van der Waals surface area contributed by atoms with Gasteiger partial charge in [0.2, 0.25) is 0 Å². The van der Waals surface area contributed by atoms with E-state index in [1.54, 1.807) is 12.1 Å². The minimum absolute atomic E-state index is 0.191. The molecule has 0 bridgehead atoms. The van der Waals surface area contributed by atoms with Crippen LogP contribution in [0.1, 0.15) is 25.8 Å². The van der Waals surface area contributed by atoms with Crippen molar-refractivity contribution in [2.24, 2.45) is 17.3 Å². The molecule has 1 aromatic carbocycles. The Balaban J connectivity index is 2.15. The smallest absolute Gasteiger partial charge is 0.307 e. The number of hydrogen-bond donors (Lipinski definition) is 1. The van der Waals surface area contributed by atoms with Crippen LogP contribution in [0.5, 0.6) is 0 Å². The first-order valence-corrected chi connectivity index (χ1v) is 6.94. The molecular formula is C15H16Cl2O2.